The van der Waals surface area contributed by atoms with Gasteiger partial charge in [-0.25, -0.2) is 4.98 Å². The minimum absolute atomic E-state index is 0.148. The first-order valence-corrected chi connectivity index (χ1v) is 7.28. The van der Waals surface area contributed by atoms with Gasteiger partial charge in [0.25, 0.3) is 0 Å². The first-order chi connectivity index (χ1) is 9.67. The maximum atomic E-state index is 11.2. The van der Waals surface area contributed by atoms with Gasteiger partial charge in [0.1, 0.15) is 5.15 Å². The van der Waals surface area contributed by atoms with Gasteiger partial charge in [-0.15, -0.1) is 0 Å². The first kappa shape index (κ1) is 13.6. The largest absolute Gasteiger partial charge is 0.481 e. The van der Waals surface area contributed by atoms with Crippen molar-refractivity contribution in [3.63, 3.8) is 0 Å². The molecule has 0 unspecified atom stereocenters. The fourth-order valence-corrected chi connectivity index (χ4v) is 3.26. The number of halogens is 1. The van der Waals surface area contributed by atoms with Crippen LogP contribution in [0.25, 0.3) is 0 Å². The summed E-state index contributed by atoms with van der Waals surface area (Å²) in [5.74, 6) is 1.13. The van der Waals surface area contributed by atoms with Crippen LogP contribution in [0.15, 0.2) is 6.07 Å². The number of nitrogens with one attached hydrogen (secondary N) is 2. The van der Waals surface area contributed by atoms with Gasteiger partial charge in [0.05, 0.1) is 7.11 Å². The Labute approximate surface area is 123 Å². The molecule has 0 radical (unpaired) electrons. The zero-order valence-corrected chi connectivity index (χ0v) is 12.2. The predicted molar refractivity (Wildman–Crippen MR) is 76.0 cm³/mol. The summed E-state index contributed by atoms with van der Waals surface area (Å²) in [6, 6.07) is 2.15. The van der Waals surface area contributed by atoms with Gasteiger partial charge in [-0.3, -0.25) is 4.79 Å². The van der Waals surface area contributed by atoms with Crippen LogP contribution >= 0.6 is 11.6 Å². The highest BCUT2D eigenvalue weighted by Gasteiger charge is 2.29. The zero-order valence-electron chi connectivity index (χ0n) is 11.4. The van der Waals surface area contributed by atoms with E-state index in [2.05, 4.69) is 15.6 Å². The molecular formula is C14H18ClN3O2. The number of carbonyl (C=O) groups excluding carboxylic acids is 1. The number of carbonyl (C=O) groups is 1. The van der Waals surface area contributed by atoms with Gasteiger partial charge < -0.3 is 15.4 Å². The molecule has 2 atom stereocenters. The lowest BCUT2D eigenvalue weighted by Gasteiger charge is -2.18. The molecule has 2 N–H and O–H groups in total. The van der Waals surface area contributed by atoms with Crippen LogP contribution in [0.2, 0.25) is 5.15 Å². The van der Waals surface area contributed by atoms with E-state index in [1.54, 1.807) is 7.11 Å². The lowest BCUT2D eigenvalue weighted by Crippen LogP contribution is -2.27. The Balaban J connectivity index is 1.71. The van der Waals surface area contributed by atoms with E-state index in [9.17, 15) is 4.79 Å². The Morgan fingerprint density at radius 1 is 1.60 bits per heavy atom. The van der Waals surface area contributed by atoms with Crippen LogP contribution in [0.1, 0.15) is 30.0 Å². The van der Waals surface area contributed by atoms with Crippen molar-refractivity contribution in [3.8, 4) is 5.88 Å². The van der Waals surface area contributed by atoms with Gasteiger partial charge >= 0.3 is 0 Å². The molecule has 20 heavy (non-hydrogen) atoms. The van der Waals surface area contributed by atoms with Gasteiger partial charge in [-0.1, -0.05) is 11.6 Å². The van der Waals surface area contributed by atoms with Crippen LogP contribution in [-0.2, 0) is 11.2 Å². The monoisotopic (exact) mass is 295 g/mol. The number of methoxy groups -OCH3 is 1. The standard InChI is InChI=1S/C14H18ClN3O2/c1-20-14-13-9(5-11(15)18-14)2-3-10(13)16-6-8-4-12(19)17-7-8/h5,8,10,16H,2-4,6-7H2,1H3,(H,17,19)/t8-,10+/m1/s1. The third-order valence-corrected chi connectivity index (χ3v) is 4.23. The van der Waals surface area contributed by atoms with E-state index in [1.165, 1.54) is 5.56 Å². The van der Waals surface area contributed by atoms with Crippen LogP contribution in [0.5, 0.6) is 5.88 Å². The quantitative estimate of drug-likeness (QED) is 0.826. The summed E-state index contributed by atoms with van der Waals surface area (Å²) in [7, 11) is 1.62. The number of hydrogen-bond donors (Lipinski definition) is 2. The first-order valence-electron chi connectivity index (χ1n) is 6.90. The molecule has 0 aromatic carbocycles. The predicted octanol–water partition coefficient (Wildman–Crippen LogP) is 1.46. The molecule has 6 heteroatoms. The molecule has 5 nitrogen and oxygen atoms in total. The zero-order chi connectivity index (χ0) is 14.1. The minimum Gasteiger partial charge on any atom is -0.481 e. The summed E-state index contributed by atoms with van der Waals surface area (Å²) < 4.78 is 5.35. The van der Waals surface area contributed by atoms with Crippen molar-refractivity contribution in [2.75, 3.05) is 20.2 Å². The molecule has 108 valence electrons. The molecule has 0 spiro atoms. The molecule has 2 heterocycles. The van der Waals surface area contributed by atoms with E-state index in [1.807, 2.05) is 6.07 Å². The summed E-state index contributed by atoms with van der Waals surface area (Å²) in [4.78, 5) is 15.4. The summed E-state index contributed by atoms with van der Waals surface area (Å²) in [5, 5.41) is 6.88. The van der Waals surface area contributed by atoms with Gasteiger partial charge in [-0.05, 0) is 30.4 Å². The average molecular weight is 296 g/mol. The fraction of sp³-hybridized carbons (Fsp3) is 0.571. The summed E-state index contributed by atoms with van der Waals surface area (Å²) in [6.45, 7) is 1.59. The van der Waals surface area contributed by atoms with Crippen molar-refractivity contribution in [1.29, 1.82) is 0 Å². The van der Waals surface area contributed by atoms with E-state index in [0.29, 0.717) is 23.4 Å². The van der Waals surface area contributed by atoms with Crippen LogP contribution < -0.4 is 15.4 Å². The van der Waals surface area contributed by atoms with Crippen molar-refractivity contribution in [2.24, 2.45) is 5.92 Å². The SMILES string of the molecule is COc1nc(Cl)cc2c1[C@@H](NC[C@@H]1CNC(=O)C1)CC2. The highest BCUT2D eigenvalue weighted by molar-refractivity contribution is 6.29. The van der Waals surface area contributed by atoms with Crippen molar-refractivity contribution in [2.45, 2.75) is 25.3 Å². The molecule has 1 saturated heterocycles. The summed E-state index contributed by atoms with van der Waals surface area (Å²) >= 11 is 5.99. The second-order valence-corrected chi connectivity index (χ2v) is 5.79. The Kier molecular flexibility index (Phi) is 3.81. The van der Waals surface area contributed by atoms with Crippen molar-refractivity contribution in [1.82, 2.24) is 15.6 Å². The van der Waals surface area contributed by atoms with Crippen LogP contribution in [0.3, 0.4) is 0 Å². The van der Waals surface area contributed by atoms with E-state index in [4.69, 9.17) is 16.3 Å². The molecule has 0 bridgehead atoms. The molecule has 2 aliphatic rings. The van der Waals surface area contributed by atoms with Crippen LogP contribution in [0.4, 0.5) is 0 Å². The molecule has 1 aromatic heterocycles. The molecule has 0 saturated carbocycles. The van der Waals surface area contributed by atoms with Crippen molar-refractivity contribution >= 4 is 17.5 Å². The third kappa shape index (κ3) is 2.60. The second-order valence-electron chi connectivity index (χ2n) is 5.40. The number of aromatic nitrogens is 1. The van der Waals surface area contributed by atoms with E-state index in [-0.39, 0.29) is 11.9 Å². The van der Waals surface area contributed by atoms with E-state index >= 15 is 0 Å². The number of amides is 1. The lowest BCUT2D eigenvalue weighted by atomic mass is 10.1. The van der Waals surface area contributed by atoms with Gasteiger partial charge in [-0.2, -0.15) is 0 Å². The Morgan fingerprint density at radius 2 is 2.45 bits per heavy atom. The molecule has 1 fully saturated rings. The lowest BCUT2D eigenvalue weighted by molar-refractivity contribution is -0.119. The molecule has 3 rings (SSSR count). The fourth-order valence-electron chi connectivity index (χ4n) is 3.05. The Bertz CT molecular complexity index is 535. The third-order valence-electron chi connectivity index (χ3n) is 4.04. The number of ether oxygens (including phenoxy) is 1. The average Bonchev–Trinajstić information content (AvgIpc) is 3.01. The number of aryl methyl sites for hydroxylation is 1. The minimum atomic E-state index is 0.148. The number of nitrogens with zero attached hydrogens (tertiary/aromatic N) is 1. The Hall–Kier alpha value is -1.33. The second kappa shape index (κ2) is 5.58. The molecule has 1 amide bonds. The van der Waals surface area contributed by atoms with E-state index < -0.39 is 0 Å². The normalized spacial score (nSPS) is 24.6. The van der Waals surface area contributed by atoms with Gasteiger partial charge in [0.2, 0.25) is 11.8 Å². The number of pyridine rings is 1. The number of rotatable bonds is 4. The molecule has 1 aliphatic carbocycles. The van der Waals surface area contributed by atoms with Crippen LogP contribution in [0, 0.1) is 5.92 Å². The number of hydrogen-bond acceptors (Lipinski definition) is 4. The van der Waals surface area contributed by atoms with Gasteiger partial charge in [0.15, 0.2) is 0 Å². The number of fused-ring (bicyclic) bond motifs is 1. The molecular weight excluding hydrogens is 278 g/mol. The highest BCUT2D eigenvalue weighted by atomic mass is 35.5. The summed E-state index contributed by atoms with van der Waals surface area (Å²) in [5.41, 5.74) is 2.33. The van der Waals surface area contributed by atoms with Crippen molar-refractivity contribution in [3.05, 3.63) is 22.3 Å². The topological polar surface area (TPSA) is 63.2 Å². The van der Waals surface area contributed by atoms with E-state index in [0.717, 1.165) is 31.5 Å². The Morgan fingerprint density at radius 3 is 3.15 bits per heavy atom. The maximum absolute atomic E-state index is 11.2. The smallest absolute Gasteiger partial charge is 0.220 e. The summed E-state index contributed by atoms with van der Waals surface area (Å²) in [6.07, 6.45) is 2.61. The molecule has 1 aliphatic heterocycles. The maximum Gasteiger partial charge on any atom is 0.220 e. The van der Waals surface area contributed by atoms with Gasteiger partial charge in [0, 0.05) is 31.1 Å². The van der Waals surface area contributed by atoms with Crippen LogP contribution in [-0.4, -0.2) is 31.1 Å². The molecule has 1 aromatic rings. The van der Waals surface area contributed by atoms with Crippen molar-refractivity contribution < 1.29 is 9.53 Å². The highest BCUT2D eigenvalue weighted by Crippen LogP contribution is 2.38.